The Bertz CT molecular complexity index is 324. The zero-order valence-electron chi connectivity index (χ0n) is 10.2. The number of likely N-dealkylation sites (tertiary alicyclic amines) is 1. The van der Waals surface area contributed by atoms with Crippen molar-refractivity contribution < 1.29 is 0 Å². The number of nitrogens with zero attached hydrogens (tertiary/aromatic N) is 2. The molecule has 0 aromatic carbocycles. The molecule has 1 aromatic rings. The fourth-order valence-corrected chi connectivity index (χ4v) is 1.73. The molecule has 0 amide bonds. The van der Waals surface area contributed by atoms with Gasteiger partial charge in [-0.15, -0.1) is 0 Å². The molecule has 3 heteroatoms. The monoisotopic (exact) mass is 219 g/mol. The van der Waals surface area contributed by atoms with Gasteiger partial charge < -0.3 is 10.6 Å². The highest BCUT2D eigenvalue weighted by Gasteiger charge is 2.14. The van der Waals surface area contributed by atoms with Gasteiger partial charge in [0.1, 0.15) is 0 Å². The molecular weight excluding hydrogens is 198 g/mol. The quantitative estimate of drug-likeness (QED) is 0.831. The van der Waals surface area contributed by atoms with Crippen LogP contribution in [0.4, 0.5) is 5.69 Å². The van der Waals surface area contributed by atoms with Gasteiger partial charge in [0.25, 0.3) is 0 Å². The van der Waals surface area contributed by atoms with Gasteiger partial charge in [0.05, 0.1) is 23.3 Å². The fourth-order valence-electron chi connectivity index (χ4n) is 1.73. The smallest absolute Gasteiger partial charge is 0.0858 e. The van der Waals surface area contributed by atoms with Gasteiger partial charge in [0.2, 0.25) is 0 Å². The number of nitrogen functional groups attached to an aromatic ring is 1. The molecule has 16 heavy (non-hydrogen) atoms. The number of pyridine rings is 1. The zero-order valence-corrected chi connectivity index (χ0v) is 10.2. The molecule has 0 radical (unpaired) electrons. The largest absolute Gasteiger partial charge is 0.397 e. The van der Waals surface area contributed by atoms with E-state index in [0.717, 1.165) is 24.5 Å². The van der Waals surface area contributed by atoms with Crippen molar-refractivity contribution in [2.75, 3.05) is 18.8 Å². The topological polar surface area (TPSA) is 42.1 Å². The Balaban J connectivity index is 0.000000606. The molecule has 0 atom stereocenters. The van der Waals surface area contributed by atoms with Crippen molar-refractivity contribution in [1.82, 2.24) is 9.88 Å². The summed E-state index contributed by atoms with van der Waals surface area (Å²) >= 11 is 0. The maximum atomic E-state index is 5.57. The van der Waals surface area contributed by atoms with Crippen LogP contribution in [-0.2, 0) is 0 Å². The summed E-state index contributed by atoms with van der Waals surface area (Å²) in [5, 5.41) is 0. The minimum atomic E-state index is 0.697. The van der Waals surface area contributed by atoms with E-state index in [2.05, 4.69) is 16.5 Å². The highest BCUT2D eigenvalue weighted by Crippen LogP contribution is 2.20. The van der Waals surface area contributed by atoms with Crippen LogP contribution in [0.5, 0.6) is 0 Å². The van der Waals surface area contributed by atoms with E-state index < -0.39 is 0 Å². The highest BCUT2D eigenvalue weighted by molar-refractivity contribution is 5.59. The van der Waals surface area contributed by atoms with Crippen molar-refractivity contribution in [2.45, 2.75) is 26.7 Å². The average molecular weight is 219 g/mol. The number of rotatable bonds is 2. The van der Waals surface area contributed by atoms with Gasteiger partial charge in [-0.1, -0.05) is 20.4 Å². The summed E-state index contributed by atoms with van der Waals surface area (Å²) in [6.07, 6.45) is 4.19. The third-order valence-electron chi connectivity index (χ3n) is 2.57. The van der Waals surface area contributed by atoms with Crippen LogP contribution in [0.25, 0.3) is 5.70 Å². The van der Waals surface area contributed by atoms with Crippen LogP contribution in [0.15, 0.2) is 24.9 Å². The van der Waals surface area contributed by atoms with Crippen molar-refractivity contribution in [1.29, 1.82) is 0 Å². The minimum Gasteiger partial charge on any atom is -0.397 e. The van der Waals surface area contributed by atoms with Gasteiger partial charge in [-0.2, -0.15) is 0 Å². The number of nitrogens with two attached hydrogens (primary N) is 1. The molecule has 2 N–H and O–H groups in total. The summed E-state index contributed by atoms with van der Waals surface area (Å²) in [5.41, 5.74) is 8.22. The van der Waals surface area contributed by atoms with Crippen LogP contribution in [-0.4, -0.2) is 23.0 Å². The van der Waals surface area contributed by atoms with E-state index in [4.69, 9.17) is 5.73 Å². The molecule has 0 saturated carbocycles. The van der Waals surface area contributed by atoms with Crippen LogP contribution in [0.3, 0.4) is 0 Å². The van der Waals surface area contributed by atoms with Crippen molar-refractivity contribution in [3.63, 3.8) is 0 Å². The van der Waals surface area contributed by atoms with Crippen LogP contribution >= 0.6 is 0 Å². The Kier molecular flexibility index (Phi) is 4.83. The van der Waals surface area contributed by atoms with E-state index >= 15 is 0 Å². The molecule has 1 fully saturated rings. The summed E-state index contributed by atoms with van der Waals surface area (Å²) < 4.78 is 0. The van der Waals surface area contributed by atoms with E-state index in [1.807, 2.05) is 26.0 Å². The summed E-state index contributed by atoms with van der Waals surface area (Å²) in [4.78, 5) is 6.53. The van der Waals surface area contributed by atoms with Gasteiger partial charge in [0.15, 0.2) is 0 Å². The van der Waals surface area contributed by atoms with Crippen LogP contribution < -0.4 is 5.73 Å². The number of aromatic nitrogens is 1. The molecule has 88 valence electrons. The number of hydrogen-bond donors (Lipinski definition) is 1. The normalized spacial score (nSPS) is 14.2. The molecule has 0 bridgehead atoms. The number of anilines is 1. The summed E-state index contributed by atoms with van der Waals surface area (Å²) in [7, 11) is 0. The molecule has 2 rings (SSSR count). The lowest BCUT2D eigenvalue weighted by atomic mass is 10.2. The molecule has 1 aliphatic rings. The molecule has 0 aliphatic carbocycles. The van der Waals surface area contributed by atoms with Crippen molar-refractivity contribution in [3.05, 3.63) is 30.6 Å². The van der Waals surface area contributed by atoms with Gasteiger partial charge >= 0.3 is 0 Å². The maximum absolute atomic E-state index is 5.57. The first-order valence-electron chi connectivity index (χ1n) is 5.93. The summed E-state index contributed by atoms with van der Waals surface area (Å²) in [6.45, 7) is 10.3. The Morgan fingerprint density at radius 1 is 1.31 bits per heavy atom. The lowest BCUT2D eigenvalue weighted by Gasteiger charge is -2.19. The van der Waals surface area contributed by atoms with Gasteiger partial charge in [-0.3, -0.25) is 4.98 Å². The molecular formula is C13H21N3. The van der Waals surface area contributed by atoms with E-state index in [-0.39, 0.29) is 0 Å². The van der Waals surface area contributed by atoms with Gasteiger partial charge in [0, 0.05) is 13.1 Å². The third kappa shape index (κ3) is 2.99. The molecule has 3 nitrogen and oxygen atoms in total. The first-order chi connectivity index (χ1) is 7.77. The average Bonchev–Trinajstić information content (AvgIpc) is 2.85. The van der Waals surface area contributed by atoms with Crippen LogP contribution in [0, 0.1) is 0 Å². The first kappa shape index (κ1) is 12.6. The summed E-state index contributed by atoms with van der Waals surface area (Å²) in [6, 6.07) is 3.79. The van der Waals surface area contributed by atoms with Crippen molar-refractivity contribution >= 4 is 11.4 Å². The molecule has 1 saturated heterocycles. The zero-order chi connectivity index (χ0) is 12.0. The Morgan fingerprint density at radius 2 is 1.94 bits per heavy atom. The van der Waals surface area contributed by atoms with Crippen molar-refractivity contribution in [2.24, 2.45) is 0 Å². The van der Waals surface area contributed by atoms with Gasteiger partial charge in [-0.05, 0) is 25.0 Å². The molecule has 0 spiro atoms. The Labute approximate surface area is 98.0 Å². The third-order valence-corrected chi connectivity index (χ3v) is 2.57. The summed E-state index contributed by atoms with van der Waals surface area (Å²) in [5.74, 6) is 0. The number of hydrogen-bond acceptors (Lipinski definition) is 3. The van der Waals surface area contributed by atoms with E-state index in [9.17, 15) is 0 Å². The van der Waals surface area contributed by atoms with E-state index in [1.54, 1.807) is 6.20 Å². The maximum Gasteiger partial charge on any atom is 0.0858 e. The van der Waals surface area contributed by atoms with E-state index in [0.29, 0.717) is 5.69 Å². The second kappa shape index (κ2) is 6.16. The predicted molar refractivity (Wildman–Crippen MR) is 69.8 cm³/mol. The second-order valence-corrected chi connectivity index (χ2v) is 3.62. The Morgan fingerprint density at radius 3 is 2.44 bits per heavy atom. The predicted octanol–water partition coefficient (Wildman–Crippen LogP) is 2.76. The standard InChI is InChI=1S/C11H15N3.C2H6/c1-9(14-6-2-3-7-14)11-5-4-10(12)8-13-11;1-2/h4-5,8H,1-3,6-7,12H2;1-2H3. The molecule has 1 aliphatic heterocycles. The molecule has 1 aromatic heterocycles. The Hall–Kier alpha value is -1.51. The van der Waals surface area contributed by atoms with E-state index in [1.165, 1.54) is 12.8 Å². The second-order valence-electron chi connectivity index (χ2n) is 3.62. The SMILES string of the molecule is C=C(c1ccc(N)cn1)N1CCCC1.CC. The lowest BCUT2D eigenvalue weighted by Crippen LogP contribution is -2.17. The van der Waals surface area contributed by atoms with Crippen LogP contribution in [0.1, 0.15) is 32.4 Å². The van der Waals surface area contributed by atoms with Crippen LogP contribution in [0.2, 0.25) is 0 Å². The minimum absolute atomic E-state index is 0.697. The molecule has 2 heterocycles. The highest BCUT2D eigenvalue weighted by atomic mass is 15.2. The first-order valence-corrected chi connectivity index (χ1v) is 5.93. The lowest BCUT2D eigenvalue weighted by molar-refractivity contribution is 0.492. The molecule has 0 unspecified atom stereocenters. The van der Waals surface area contributed by atoms with Gasteiger partial charge in [-0.25, -0.2) is 0 Å². The van der Waals surface area contributed by atoms with Crippen molar-refractivity contribution in [3.8, 4) is 0 Å². The fraction of sp³-hybridized carbons (Fsp3) is 0.462.